The van der Waals surface area contributed by atoms with Crippen LogP contribution in [0, 0.1) is 17.6 Å². The number of hydrogen-bond acceptors (Lipinski definition) is 3. The second-order valence-corrected chi connectivity index (χ2v) is 6.35. The minimum absolute atomic E-state index is 0. The van der Waals surface area contributed by atoms with Crippen LogP contribution < -0.4 is 10.1 Å². The van der Waals surface area contributed by atoms with E-state index in [9.17, 15) is 8.78 Å². The molecule has 4 nitrogen and oxygen atoms in total. The Bertz CT molecular complexity index is 876. The van der Waals surface area contributed by atoms with E-state index in [0.717, 1.165) is 25.9 Å². The monoisotopic (exact) mass is 379 g/mol. The van der Waals surface area contributed by atoms with Gasteiger partial charge in [0.05, 0.1) is 23.2 Å². The lowest BCUT2D eigenvalue weighted by Crippen LogP contribution is -2.33. The lowest BCUT2D eigenvalue weighted by molar-refractivity contribution is 0.213. The van der Waals surface area contributed by atoms with Gasteiger partial charge in [0.1, 0.15) is 11.6 Å². The molecule has 1 aliphatic rings. The Morgan fingerprint density at radius 2 is 1.96 bits per heavy atom. The van der Waals surface area contributed by atoms with Crippen molar-refractivity contribution >= 4 is 23.3 Å². The fraction of sp³-hybridized carbons (Fsp3) is 0.316. The zero-order valence-electron chi connectivity index (χ0n) is 14.1. The molecule has 3 aromatic rings. The zero-order chi connectivity index (χ0) is 17.2. The van der Waals surface area contributed by atoms with Gasteiger partial charge in [0.25, 0.3) is 0 Å². The number of ether oxygens (including phenoxy) is 1. The fourth-order valence-corrected chi connectivity index (χ4v) is 3.24. The Hall–Kier alpha value is -2.18. The van der Waals surface area contributed by atoms with Crippen LogP contribution in [0.4, 0.5) is 8.78 Å². The van der Waals surface area contributed by atoms with Gasteiger partial charge >= 0.3 is 0 Å². The number of benzene rings is 2. The molecular formula is C19H20ClF2N3O. The summed E-state index contributed by atoms with van der Waals surface area (Å²) >= 11 is 0. The average Bonchev–Trinajstić information content (AvgIpc) is 3.02. The number of piperidine rings is 1. The van der Waals surface area contributed by atoms with E-state index in [1.807, 2.05) is 0 Å². The number of hydrogen-bond donors (Lipinski definition) is 1. The quantitative estimate of drug-likeness (QED) is 0.741. The molecule has 1 fully saturated rings. The minimum Gasteiger partial charge on any atom is -0.476 e. The topological polar surface area (TPSA) is 39.1 Å². The van der Waals surface area contributed by atoms with Crippen molar-refractivity contribution in [1.29, 1.82) is 0 Å². The standard InChI is InChI=1S/C19H19F2N3O.ClH/c20-14-6-8-15(9-7-14)24-17-5-1-4-16(21)18(17)19(23-24)25-12-13-3-2-10-22-11-13;/h1,4-9,13,22H,2-3,10-12H2;1H/t13-;/m0./s1. The first kappa shape index (κ1) is 18.6. The maximum absolute atomic E-state index is 14.4. The molecular weight excluding hydrogens is 360 g/mol. The number of aromatic nitrogens is 2. The van der Waals surface area contributed by atoms with E-state index in [0.29, 0.717) is 29.1 Å². The van der Waals surface area contributed by atoms with Crippen LogP contribution in [-0.2, 0) is 0 Å². The van der Waals surface area contributed by atoms with Crippen molar-refractivity contribution in [2.75, 3.05) is 19.7 Å². The third-order valence-corrected chi connectivity index (χ3v) is 4.55. The van der Waals surface area contributed by atoms with E-state index < -0.39 is 0 Å². The molecule has 7 heteroatoms. The molecule has 1 atom stereocenters. The summed E-state index contributed by atoms with van der Waals surface area (Å²) in [5, 5.41) is 8.14. The van der Waals surface area contributed by atoms with Crippen LogP contribution in [0.1, 0.15) is 12.8 Å². The number of halogens is 3. The molecule has 0 spiro atoms. The van der Waals surface area contributed by atoms with Crippen LogP contribution in [-0.4, -0.2) is 29.5 Å². The second-order valence-electron chi connectivity index (χ2n) is 6.35. The van der Waals surface area contributed by atoms with Gasteiger partial charge in [-0.2, -0.15) is 0 Å². The van der Waals surface area contributed by atoms with E-state index in [-0.39, 0.29) is 29.9 Å². The third kappa shape index (κ3) is 3.66. The predicted octanol–water partition coefficient (Wildman–Crippen LogP) is 4.10. The van der Waals surface area contributed by atoms with Crippen molar-refractivity contribution in [1.82, 2.24) is 15.1 Å². The van der Waals surface area contributed by atoms with E-state index >= 15 is 0 Å². The molecule has 2 heterocycles. The van der Waals surface area contributed by atoms with Gasteiger partial charge in [-0.3, -0.25) is 0 Å². The predicted molar refractivity (Wildman–Crippen MR) is 99.3 cm³/mol. The summed E-state index contributed by atoms with van der Waals surface area (Å²) in [4.78, 5) is 0. The van der Waals surface area contributed by atoms with Gasteiger partial charge in [-0.1, -0.05) is 6.07 Å². The summed E-state index contributed by atoms with van der Waals surface area (Å²) in [6, 6.07) is 10.8. The Labute approximate surface area is 156 Å². The molecule has 26 heavy (non-hydrogen) atoms. The summed E-state index contributed by atoms with van der Waals surface area (Å²) in [5.41, 5.74) is 1.26. The molecule has 0 radical (unpaired) electrons. The van der Waals surface area contributed by atoms with Gasteiger partial charge in [-0.25, -0.2) is 13.5 Å². The summed E-state index contributed by atoms with van der Waals surface area (Å²) in [7, 11) is 0. The third-order valence-electron chi connectivity index (χ3n) is 4.55. The minimum atomic E-state index is -0.373. The molecule has 0 saturated carbocycles. The smallest absolute Gasteiger partial charge is 0.244 e. The van der Waals surface area contributed by atoms with Crippen LogP contribution in [0.2, 0.25) is 0 Å². The fourth-order valence-electron chi connectivity index (χ4n) is 3.24. The lowest BCUT2D eigenvalue weighted by atomic mass is 10.0. The first-order chi connectivity index (χ1) is 12.2. The van der Waals surface area contributed by atoms with Crippen molar-refractivity contribution in [2.45, 2.75) is 12.8 Å². The molecule has 4 rings (SSSR count). The Kier molecular flexibility index (Phi) is 5.74. The number of fused-ring (bicyclic) bond motifs is 1. The highest BCUT2D eigenvalue weighted by Crippen LogP contribution is 2.30. The normalized spacial score (nSPS) is 17.1. The van der Waals surface area contributed by atoms with Gasteiger partial charge in [0.15, 0.2) is 0 Å². The van der Waals surface area contributed by atoms with Gasteiger partial charge < -0.3 is 10.1 Å². The Morgan fingerprint density at radius 1 is 1.15 bits per heavy atom. The summed E-state index contributed by atoms with van der Waals surface area (Å²) in [6.07, 6.45) is 2.21. The van der Waals surface area contributed by atoms with Crippen LogP contribution in [0.15, 0.2) is 42.5 Å². The van der Waals surface area contributed by atoms with Crippen molar-refractivity contribution in [2.24, 2.45) is 5.92 Å². The van der Waals surface area contributed by atoms with Crippen LogP contribution in [0.25, 0.3) is 16.6 Å². The van der Waals surface area contributed by atoms with E-state index in [1.165, 1.54) is 18.2 Å². The molecule has 1 saturated heterocycles. The summed E-state index contributed by atoms with van der Waals surface area (Å²) in [5.74, 6) is -0.0233. The molecule has 138 valence electrons. The molecule has 1 aliphatic heterocycles. The van der Waals surface area contributed by atoms with E-state index in [2.05, 4.69) is 10.4 Å². The van der Waals surface area contributed by atoms with Crippen LogP contribution in [0.5, 0.6) is 5.88 Å². The molecule has 0 unspecified atom stereocenters. The van der Waals surface area contributed by atoms with E-state index in [1.54, 1.807) is 28.9 Å². The zero-order valence-corrected chi connectivity index (χ0v) is 14.9. The highest BCUT2D eigenvalue weighted by atomic mass is 35.5. The van der Waals surface area contributed by atoms with E-state index in [4.69, 9.17) is 4.74 Å². The maximum atomic E-state index is 14.4. The molecule has 1 aromatic heterocycles. The highest BCUT2D eigenvalue weighted by molar-refractivity contribution is 5.86. The number of nitrogens with one attached hydrogen (secondary N) is 1. The lowest BCUT2D eigenvalue weighted by Gasteiger charge is -2.22. The molecule has 0 aliphatic carbocycles. The van der Waals surface area contributed by atoms with Gasteiger partial charge in [-0.15, -0.1) is 17.5 Å². The average molecular weight is 380 g/mol. The highest BCUT2D eigenvalue weighted by Gasteiger charge is 2.19. The second kappa shape index (κ2) is 8.01. The van der Waals surface area contributed by atoms with Crippen molar-refractivity contribution in [3.05, 3.63) is 54.1 Å². The van der Waals surface area contributed by atoms with Gasteiger partial charge in [-0.05, 0) is 55.8 Å². The SMILES string of the molecule is Cl.Fc1ccc(-n2nc(OC[C@H]3CCCNC3)c3c(F)cccc32)cc1. The first-order valence-corrected chi connectivity index (χ1v) is 8.49. The van der Waals surface area contributed by atoms with Crippen molar-refractivity contribution in [3.63, 3.8) is 0 Å². The van der Waals surface area contributed by atoms with Crippen molar-refractivity contribution < 1.29 is 13.5 Å². The number of nitrogens with zero attached hydrogens (tertiary/aromatic N) is 2. The van der Waals surface area contributed by atoms with Gasteiger partial charge in [0, 0.05) is 12.5 Å². The Balaban J connectivity index is 0.00000196. The maximum Gasteiger partial charge on any atom is 0.244 e. The summed E-state index contributed by atoms with van der Waals surface area (Å²) < 4.78 is 35.1. The molecule has 0 amide bonds. The largest absolute Gasteiger partial charge is 0.476 e. The Morgan fingerprint density at radius 3 is 2.69 bits per heavy atom. The first-order valence-electron chi connectivity index (χ1n) is 8.49. The molecule has 1 N–H and O–H groups in total. The molecule has 2 aromatic carbocycles. The number of rotatable bonds is 4. The molecule has 0 bridgehead atoms. The van der Waals surface area contributed by atoms with Crippen LogP contribution >= 0.6 is 12.4 Å². The summed E-state index contributed by atoms with van der Waals surface area (Å²) in [6.45, 7) is 2.43. The van der Waals surface area contributed by atoms with Gasteiger partial charge in [0.2, 0.25) is 5.88 Å². The van der Waals surface area contributed by atoms with Crippen LogP contribution in [0.3, 0.4) is 0 Å². The van der Waals surface area contributed by atoms with Crippen molar-refractivity contribution in [3.8, 4) is 11.6 Å².